The number of aromatic nitrogens is 1. The Kier molecular flexibility index (Phi) is 5.19. The fraction of sp³-hybridized carbons (Fsp3) is 0.375. The smallest absolute Gasteiger partial charge is 0.403 e. The summed E-state index contributed by atoms with van der Waals surface area (Å²) in [5, 5.41) is -0.307. The van der Waals surface area contributed by atoms with E-state index in [1.807, 2.05) is 0 Å². The van der Waals surface area contributed by atoms with Crippen molar-refractivity contribution < 1.29 is 35.1 Å². The van der Waals surface area contributed by atoms with Gasteiger partial charge in [0, 0.05) is 16.0 Å². The summed E-state index contributed by atoms with van der Waals surface area (Å²) in [4.78, 5) is 1.85. The molecule has 0 saturated heterocycles. The zero-order chi connectivity index (χ0) is 15.7. The van der Waals surface area contributed by atoms with E-state index in [9.17, 15) is 30.4 Å². The number of rotatable bonds is 4. The van der Waals surface area contributed by atoms with Crippen LogP contribution in [0.3, 0.4) is 0 Å². The van der Waals surface area contributed by atoms with E-state index in [4.69, 9.17) is 10.7 Å². The molecule has 1 heterocycles. The number of alkyl halides is 6. The first-order valence-corrected chi connectivity index (χ1v) is 7.96. The molecule has 0 N–H and O–H groups in total. The Morgan fingerprint density at radius 1 is 1.40 bits per heavy atom. The molecule has 0 aliphatic heterocycles. The van der Waals surface area contributed by atoms with E-state index >= 15 is 0 Å². The highest BCUT2D eigenvalue weighted by Gasteiger charge is 2.37. The van der Waals surface area contributed by atoms with Gasteiger partial charge in [0.25, 0.3) is 15.5 Å². The van der Waals surface area contributed by atoms with Crippen molar-refractivity contribution >= 4 is 35.7 Å². The largest absolute Gasteiger partial charge is 0.573 e. The fourth-order valence-electron chi connectivity index (χ4n) is 1.31. The monoisotopic (exact) mass is 403 g/mol. The summed E-state index contributed by atoms with van der Waals surface area (Å²) < 4.78 is 88.1. The van der Waals surface area contributed by atoms with E-state index in [1.54, 1.807) is 0 Å². The highest BCUT2D eigenvalue weighted by molar-refractivity contribution is 9.08. The second kappa shape index (κ2) is 5.98. The van der Waals surface area contributed by atoms with Gasteiger partial charge in [-0.05, 0) is 0 Å². The predicted octanol–water partition coefficient (Wildman–Crippen LogP) is 3.74. The van der Waals surface area contributed by atoms with Gasteiger partial charge in [0.15, 0.2) is 5.75 Å². The molecular formula is C8H4BrClF5NO3S. The lowest BCUT2D eigenvalue weighted by atomic mass is 10.2. The van der Waals surface area contributed by atoms with Gasteiger partial charge in [0.2, 0.25) is 0 Å². The van der Waals surface area contributed by atoms with E-state index in [0.717, 1.165) is 0 Å². The Morgan fingerprint density at radius 3 is 2.30 bits per heavy atom. The minimum atomic E-state index is -5.28. The maximum Gasteiger partial charge on any atom is 0.573 e. The van der Waals surface area contributed by atoms with E-state index in [0.29, 0.717) is 6.20 Å². The van der Waals surface area contributed by atoms with Crippen LogP contribution in [0.1, 0.15) is 17.7 Å². The molecule has 0 unspecified atom stereocenters. The molecule has 0 spiro atoms. The maximum atomic E-state index is 12.9. The molecule has 1 rings (SSSR count). The molecule has 114 valence electrons. The Hall–Kier alpha value is -0.680. The molecule has 0 radical (unpaired) electrons. The lowest BCUT2D eigenvalue weighted by Gasteiger charge is -2.16. The number of halogens is 7. The second-order valence-electron chi connectivity index (χ2n) is 3.23. The van der Waals surface area contributed by atoms with Gasteiger partial charge in [0.1, 0.15) is 4.90 Å². The Balaban J connectivity index is 3.67. The van der Waals surface area contributed by atoms with Gasteiger partial charge in [-0.15, -0.1) is 13.2 Å². The van der Waals surface area contributed by atoms with Crippen LogP contribution >= 0.6 is 26.6 Å². The minimum absolute atomic E-state index is 0.307. The Morgan fingerprint density at radius 2 is 1.95 bits per heavy atom. The van der Waals surface area contributed by atoms with Crippen molar-refractivity contribution in [3.05, 3.63) is 17.5 Å². The Bertz CT molecular complexity index is 607. The van der Waals surface area contributed by atoms with Crippen molar-refractivity contribution in [1.29, 1.82) is 0 Å². The number of hydrogen-bond donors (Lipinski definition) is 0. The molecule has 0 amide bonds. The van der Waals surface area contributed by atoms with Crippen molar-refractivity contribution in [3.8, 4) is 5.75 Å². The van der Waals surface area contributed by atoms with Crippen LogP contribution in [0.5, 0.6) is 5.75 Å². The Labute approximate surface area is 122 Å². The zero-order valence-corrected chi connectivity index (χ0v) is 12.2. The number of hydrogen-bond acceptors (Lipinski definition) is 4. The van der Waals surface area contributed by atoms with E-state index in [1.165, 1.54) is 0 Å². The highest BCUT2D eigenvalue weighted by atomic mass is 79.9. The van der Waals surface area contributed by atoms with E-state index in [-0.39, 0.29) is 5.33 Å². The molecule has 0 aliphatic carbocycles. The van der Waals surface area contributed by atoms with Crippen molar-refractivity contribution in [1.82, 2.24) is 4.98 Å². The summed E-state index contributed by atoms with van der Waals surface area (Å²) in [6, 6.07) is 0. The standard InChI is InChI=1S/C8H4BrClF5NO3S/c9-1-3-5(7(11)12)6(20(10,17)18)4(2-16-3)19-8(13,14)15/h2,7H,1H2. The highest BCUT2D eigenvalue weighted by Crippen LogP contribution is 2.39. The van der Waals surface area contributed by atoms with E-state index in [2.05, 4.69) is 25.7 Å². The molecule has 0 atom stereocenters. The quantitative estimate of drug-likeness (QED) is 0.436. The molecule has 0 saturated carbocycles. The summed E-state index contributed by atoms with van der Waals surface area (Å²) in [6.07, 6.45) is -8.33. The lowest BCUT2D eigenvalue weighted by molar-refractivity contribution is -0.275. The van der Waals surface area contributed by atoms with Crippen molar-refractivity contribution in [2.45, 2.75) is 23.0 Å². The summed E-state index contributed by atoms with van der Waals surface area (Å²) >= 11 is 2.77. The van der Waals surface area contributed by atoms with Gasteiger partial charge in [-0.25, -0.2) is 17.2 Å². The van der Waals surface area contributed by atoms with Crippen LogP contribution < -0.4 is 4.74 Å². The third-order valence-electron chi connectivity index (χ3n) is 1.93. The average Bonchev–Trinajstić information content (AvgIpc) is 2.24. The van der Waals surface area contributed by atoms with Crippen molar-refractivity contribution in [2.75, 3.05) is 0 Å². The van der Waals surface area contributed by atoms with Crippen LogP contribution in [0, 0.1) is 0 Å². The van der Waals surface area contributed by atoms with Crippen LogP contribution in [0.4, 0.5) is 22.0 Å². The SMILES string of the molecule is O=S(=O)(Cl)c1c(OC(F)(F)F)cnc(CBr)c1C(F)F. The van der Waals surface area contributed by atoms with Gasteiger partial charge in [-0.3, -0.25) is 4.98 Å². The average molecular weight is 405 g/mol. The lowest BCUT2D eigenvalue weighted by Crippen LogP contribution is -2.20. The fourth-order valence-corrected chi connectivity index (χ4v) is 3.04. The topological polar surface area (TPSA) is 56.3 Å². The molecule has 4 nitrogen and oxygen atoms in total. The number of nitrogens with zero attached hydrogens (tertiary/aromatic N) is 1. The summed E-state index contributed by atoms with van der Waals surface area (Å²) in [6.45, 7) is 0. The first-order chi connectivity index (χ1) is 8.97. The first kappa shape index (κ1) is 17.4. The molecule has 0 fully saturated rings. The molecule has 0 aromatic carbocycles. The summed E-state index contributed by atoms with van der Waals surface area (Å²) in [5.41, 5.74) is -1.70. The first-order valence-electron chi connectivity index (χ1n) is 4.53. The minimum Gasteiger partial charge on any atom is -0.403 e. The van der Waals surface area contributed by atoms with Crippen LogP contribution in [0.25, 0.3) is 0 Å². The van der Waals surface area contributed by atoms with Crippen molar-refractivity contribution in [3.63, 3.8) is 0 Å². The number of ether oxygens (including phenoxy) is 1. The molecule has 12 heteroatoms. The number of pyridine rings is 1. The zero-order valence-electron chi connectivity index (χ0n) is 9.09. The molecule has 1 aromatic heterocycles. The van der Waals surface area contributed by atoms with Gasteiger partial charge in [-0.2, -0.15) is 0 Å². The maximum absolute atomic E-state index is 12.9. The van der Waals surface area contributed by atoms with Gasteiger partial charge in [0.05, 0.1) is 17.5 Å². The third kappa shape index (κ3) is 4.16. The second-order valence-corrected chi connectivity index (χ2v) is 6.30. The molecule has 1 aromatic rings. The van der Waals surface area contributed by atoms with Gasteiger partial charge in [-0.1, -0.05) is 15.9 Å². The predicted molar refractivity (Wildman–Crippen MR) is 61.5 cm³/mol. The van der Waals surface area contributed by atoms with Crippen molar-refractivity contribution in [2.24, 2.45) is 0 Å². The third-order valence-corrected chi connectivity index (χ3v) is 3.83. The van der Waals surface area contributed by atoms with Crippen LogP contribution in [-0.4, -0.2) is 19.8 Å². The van der Waals surface area contributed by atoms with Crippen LogP contribution in [0.15, 0.2) is 11.1 Å². The van der Waals surface area contributed by atoms with E-state index < -0.39 is 43.7 Å². The molecule has 0 bridgehead atoms. The van der Waals surface area contributed by atoms with Gasteiger partial charge >= 0.3 is 6.36 Å². The van der Waals surface area contributed by atoms with Crippen LogP contribution in [-0.2, 0) is 14.4 Å². The normalized spacial score (nSPS) is 12.8. The van der Waals surface area contributed by atoms with Gasteiger partial charge < -0.3 is 4.74 Å². The summed E-state index contributed by atoms with van der Waals surface area (Å²) in [7, 11) is 0.0115. The van der Waals surface area contributed by atoms with Crippen LogP contribution in [0.2, 0.25) is 0 Å². The molecule has 0 aliphatic rings. The summed E-state index contributed by atoms with van der Waals surface area (Å²) in [5.74, 6) is -1.41. The molecule has 20 heavy (non-hydrogen) atoms. The molecular weight excluding hydrogens is 401 g/mol.